The maximum atomic E-state index is 13.5. The third kappa shape index (κ3) is 4.91. The average molecular weight is 369 g/mol. The molecule has 134 valence electrons. The summed E-state index contributed by atoms with van der Waals surface area (Å²) in [5, 5.41) is 0.0875. The van der Waals surface area contributed by atoms with Crippen LogP contribution < -0.4 is 4.90 Å². The van der Waals surface area contributed by atoms with E-state index >= 15 is 0 Å². The van der Waals surface area contributed by atoms with Gasteiger partial charge in [0.25, 0.3) is 0 Å². The fourth-order valence-corrected chi connectivity index (χ4v) is 4.36. The minimum atomic E-state index is -4.12. The van der Waals surface area contributed by atoms with Crippen molar-refractivity contribution >= 4 is 17.4 Å². The summed E-state index contributed by atoms with van der Waals surface area (Å²) < 4.78 is 50.9. The number of halogens is 4. The standard InChI is InChI=1S/C19H19F4NS/c20-15-6-3-5-14(13-15)17-9-12-24(11-4-10-19(21,22)23)16-7-1-2-8-18(16)25-17/h1-3,5-8,13,17H,4,9-12H2/t17-/m0/s1. The number of rotatable bonds is 4. The molecule has 1 heterocycles. The number of para-hydroxylation sites is 1. The van der Waals surface area contributed by atoms with Crippen LogP contribution in [0.15, 0.2) is 53.4 Å². The SMILES string of the molecule is Fc1cccc([C@@H]2CCN(CCCC(F)(F)F)c3ccccc3S2)c1. The molecule has 1 aliphatic rings. The number of hydrogen-bond donors (Lipinski definition) is 0. The molecule has 2 aromatic rings. The van der Waals surface area contributed by atoms with Gasteiger partial charge in [0.05, 0.1) is 5.69 Å². The van der Waals surface area contributed by atoms with Crippen molar-refractivity contribution < 1.29 is 17.6 Å². The zero-order valence-electron chi connectivity index (χ0n) is 13.6. The molecular formula is C19H19F4NS. The van der Waals surface area contributed by atoms with Crippen molar-refractivity contribution in [2.45, 2.75) is 35.6 Å². The highest BCUT2D eigenvalue weighted by atomic mass is 32.2. The zero-order chi connectivity index (χ0) is 17.9. The molecule has 0 aliphatic carbocycles. The van der Waals surface area contributed by atoms with E-state index in [1.807, 2.05) is 35.2 Å². The van der Waals surface area contributed by atoms with E-state index < -0.39 is 12.6 Å². The molecule has 0 unspecified atom stereocenters. The van der Waals surface area contributed by atoms with Crippen LogP contribution in [-0.4, -0.2) is 19.3 Å². The Morgan fingerprint density at radius 2 is 1.88 bits per heavy atom. The zero-order valence-corrected chi connectivity index (χ0v) is 14.4. The molecule has 0 N–H and O–H groups in total. The Morgan fingerprint density at radius 1 is 1.08 bits per heavy atom. The Hall–Kier alpha value is -1.69. The van der Waals surface area contributed by atoms with E-state index in [2.05, 4.69) is 0 Å². The van der Waals surface area contributed by atoms with Gasteiger partial charge < -0.3 is 4.90 Å². The number of anilines is 1. The van der Waals surface area contributed by atoms with E-state index in [1.54, 1.807) is 23.9 Å². The molecule has 0 saturated heterocycles. The first-order chi connectivity index (χ1) is 11.9. The monoisotopic (exact) mass is 369 g/mol. The minimum Gasteiger partial charge on any atom is -0.371 e. The molecule has 6 heteroatoms. The highest BCUT2D eigenvalue weighted by Crippen LogP contribution is 2.45. The van der Waals surface area contributed by atoms with Crippen molar-refractivity contribution in [3.63, 3.8) is 0 Å². The van der Waals surface area contributed by atoms with E-state index in [0.29, 0.717) is 13.1 Å². The summed E-state index contributed by atoms with van der Waals surface area (Å²) in [5.41, 5.74) is 1.88. The van der Waals surface area contributed by atoms with Crippen LogP contribution in [-0.2, 0) is 0 Å². The largest absolute Gasteiger partial charge is 0.389 e. The fourth-order valence-electron chi connectivity index (χ4n) is 3.07. The molecule has 0 fully saturated rings. The normalized spacial score (nSPS) is 17.9. The molecule has 1 aliphatic heterocycles. The van der Waals surface area contributed by atoms with Crippen LogP contribution in [0.5, 0.6) is 0 Å². The molecule has 0 radical (unpaired) electrons. The van der Waals surface area contributed by atoms with Gasteiger partial charge in [-0.25, -0.2) is 4.39 Å². The summed E-state index contributed by atoms with van der Waals surface area (Å²) in [5.74, 6) is -0.266. The van der Waals surface area contributed by atoms with Crippen LogP contribution in [0.1, 0.15) is 30.1 Å². The van der Waals surface area contributed by atoms with Gasteiger partial charge in [0.15, 0.2) is 0 Å². The summed E-state index contributed by atoms with van der Waals surface area (Å²) in [4.78, 5) is 3.05. The molecule has 0 spiro atoms. The van der Waals surface area contributed by atoms with E-state index in [4.69, 9.17) is 0 Å². The van der Waals surface area contributed by atoms with Gasteiger partial charge in [-0.1, -0.05) is 24.3 Å². The molecule has 3 rings (SSSR count). The van der Waals surface area contributed by atoms with Gasteiger partial charge in [0.1, 0.15) is 5.82 Å². The van der Waals surface area contributed by atoms with Crippen LogP contribution in [0.2, 0.25) is 0 Å². The fraction of sp³-hybridized carbons (Fsp3) is 0.368. The lowest BCUT2D eigenvalue weighted by Gasteiger charge is -2.24. The molecule has 1 atom stereocenters. The summed E-state index contributed by atoms with van der Waals surface area (Å²) in [6.07, 6.45) is -4.06. The van der Waals surface area contributed by atoms with Crippen molar-refractivity contribution in [1.82, 2.24) is 0 Å². The quantitative estimate of drug-likeness (QED) is 0.589. The number of benzene rings is 2. The van der Waals surface area contributed by atoms with Crippen LogP contribution in [0.25, 0.3) is 0 Å². The van der Waals surface area contributed by atoms with Crippen LogP contribution in [0.4, 0.5) is 23.2 Å². The molecule has 0 aromatic heterocycles. The van der Waals surface area contributed by atoms with Crippen molar-refractivity contribution in [2.24, 2.45) is 0 Å². The van der Waals surface area contributed by atoms with Gasteiger partial charge in [0.2, 0.25) is 0 Å². The van der Waals surface area contributed by atoms with Crippen LogP contribution >= 0.6 is 11.8 Å². The van der Waals surface area contributed by atoms with Crippen LogP contribution in [0.3, 0.4) is 0 Å². The second-order valence-electron chi connectivity index (χ2n) is 6.12. The van der Waals surface area contributed by atoms with Gasteiger partial charge >= 0.3 is 6.18 Å². The summed E-state index contributed by atoms with van der Waals surface area (Å²) in [6.45, 7) is 1.02. The van der Waals surface area contributed by atoms with E-state index in [-0.39, 0.29) is 17.5 Å². The lowest BCUT2D eigenvalue weighted by molar-refractivity contribution is -0.135. The van der Waals surface area contributed by atoms with Crippen LogP contribution in [0, 0.1) is 5.82 Å². The number of alkyl halides is 3. The number of nitrogens with zero attached hydrogens (tertiary/aromatic N) is 1. The van der Waals surface area contributed by atoms with Crippen molar-refractivity contribution in [2.75, 3.05) is 18.0 Å². The number of fused-ring (bicyclic) bond motifs is 1. The maximum Gasteiger partial charge on any atom is 0.389 e. The molecular weight excluding hydrogens is 350 g/mol. The summed E-state index contributed by atoms with van der Waals surface area (Å²) >= 11 is 1.65. The topological polar surface area (TPSA) is 3.24 Å². The van der Waals surface area contributed by atoms with Crippen molar-refractivity contribution in [3.8, 4) is 0 Å². The molecule has 2 aromatic carbocycles. The molecule has 1 nitrogen and oxygen atoms in total. The predicted octanol–water partition coefficient (Wildman–Crippen LogP) is 6.21. The van der Waals surface area contributed by atoms with E-state index in [1.165, 1.54) is 6.07 Å². The Bertz CT molecular complexity index is 717. The molecule has 0 saturated carbocycles. The Labute approximate surface area is 149 Å². The molecule has 0 amide bonds. The smallest absolute Gasteiger partial charge is 0.371 e. The first-order valence-corrected chi connectivity index (χ1v) is 9.13. The second-order valence-corrected chi connectivity index (χ2v) is 7.37. The third-order valence-electron chi connectivity index (χ3n) is 4.25. The van der Waals surface area contributed by atoms with Gasteiger partial charge in [-0.15, -0.1) is 11.8 Å². The Morgan fingerprint density at radius 3 is 2.64 bits per heavy atom. The van der Waals surface area contributed by atoms with Gasteiger partial charge in [0, 0.05) is 29.7 Å². The highest BCUT2D eigenvalue weighted by Gasteiger charge is 2.28. The Kier molecular flexibility index (Phi) is 5.57. The third-order valence-corrected chi connectivity index (χ3v) is 5.64. The summed E-state index contributed by atoms with van der Waals surface area (Å²) in [7, 11) is 0. The lowest BCUT2D eigenvalue weighted by atomic mass is 10.1. The summed E-state index contributed by atoms with van der Waals surface area (Å²) in [6, 6.07) is 14.3. The van der Waals surface area contributed by atoms with E-state index in [0.717, 1.165) is 22.6 Å². The van der Waals surface area contributed by atoms with Gasteiger partial charge in [-0.2, -0.15) is 13.2 Å². The van der Waals surface area contributed by atoms with E-state index in [9.17, 15) is 17.6 Å². The first kappa shape index (κ1) is 18.1. The lowest BCUT2D eigenvalue weighted by Crippen LogP contribution is -2.26. The Balaban J connectivity index is 1.78. The van der Waals surface area contributed by atoms with Crippen molar-refractivity contribution in [1.29, 1.82) is 0 Å². The maximum absolute atomic E-state index is 13.5. The van der Waals surface area contributed by atoms with Gasteiger partial charge in [-0.05, 0) is 42.7 Å². The molecule has 25 heavy (non-hydrogen) atoms. The first-order valence-electron chi connectivity index (χ1n) is 8.25. The van der Waals surface area contributed by atoms with Gasteiger partial charge in [-0.3, -0.25) is 0 Å². The molecule has 0 bridgehead atoms. The van der Waals surface area contributed by atoms with Crippen molar-refractivity contribution in [3.05, 3.63) is 59.9 Å². The minimum absolute atomic E-state index is 0.0765. The number of hydrogen-bond acceptors (Lipinski definition) is 2. The predicted molar refractivity (Wildman–Crippen MR) is 93.6 cm³/mol. The number of thioether (sulfide) groups is 1. The second kappa shape index (κ2) is 7.68. The highest BCUT2D eigenvalue weighted by molar-refractivity contribution is 7.99. The average Bonchev–Trinajstić information content (AvgIpc) is 2.74.